The van der Waals surface area contributed by atoms with Crippen LogP contribution in [0, 0.1) is 5.92 Å². The van der Waals surface area contributed by atoms with Crippen LogP contribution >= 0.6 is 0 Å². The maximum atomic E-state index is 14.0. The average molecular weight is 430 g/mol. The molecule has 0 aliphatic heterocycles. The minimum absolute atomic E-state index is 0.140. The molecule has 8 nitrogen and oxygen atoms in total. The summed E-state index contributed by atoms with van der Waals surface area (Å²) in [7, 11) is 1.67. The number of nitrogens with one attached hydrogen (secondary N) is 1. The number of benzene rings is 1. The van der Waals surface area contributed by atoms with Gasteiger partial charge in [-0.25, -0.2) is 8.78 Å². The summed E-state index contributed by atoms with van der Waals surface area (Å²) in [5, 5.41) is 18.6. The zero-order chi connectivity index (χ0) is 22.2. The smallest absolute Gasteiger partial charge is 0.248 e. The van der Waals surface area contributed by atoms with Crippen molar-refractivity contribution in [3.05, 3.63) is 41.6 Å². The van der Waals surface area contributed by atoms with Gasteiger partial charge < -0.3 is 4.52 Å². The first-order chi connectivity index (χ1) is 14.7. The Morgan fingerprint density at radius 2 is 2.03 bits per heavy atom. The normalized spacial score (nSPS) is 19.0. The van der Waals surface area contributed by atoms with Crippen LogP contribution in [0.3, 0.4) is 0 Å². The van der Waals surface area contributed by atoms with Crippen molar-refractivity contribution in [1.29, 1.82) is 0 Å². The Labute approximate surface area is 178 Å². The van der Waals surface area contributed by atoms with Gasteiger partial charge in [-0.2, -0.15) is 4.80 Å². The van der Waals surface area contributed by atoms with Crippen LogP contribution in [0.1, 0.15) is 56.2 Å². The number of aryl methyl sites for hydroxylation is 1. The molecule has 164 valence electrons. The monoisotopic (exact) mass is 430 g/mol. The third kappa shape index (κ3) is 4.62. The van der Waals surface area contributed by atoms with E-state index in [9.17, 15) is 13.6 Å². The molecule has 1 N–H and O–H groups in total. The molecule has 0 saturated heterocycles. The Hall–Kier alpha value is -3.17. The van der Waals surface area contributed by atoms with Crippen LogP contribution in [0.25, 0.3) is 11.4 Å². The second-order valence-electron chi connectivity index (χ2n) is 8.32. The second kappa shape index (κ2) is 8.16. The number of nitrogens with zero attached hydrogens (tertiary/aromatic N) is 5. The van der Waals surface area contributed by atoms with E-state index >= 15 is 0 Å². The number of anilines is 1. The van der Waals surface area contributed by atoms with Crippen molar-refractivity contribution in [2.24, 2.45) is 13.0 Å². The molecule has 1 aliphatic rings. The van der Waals surface area contributed by atoms with E-state index in [1.54, 1.807) is 37.4 Å². The van der Waals surface area contributed by atoms with Gasteiger partial charge in [-0.1, -0.05) is 43.3 Å². The first-order valence-electron chi connectivity index (χ1n) is 10.2. The van der Waals surface area contributed by atoms with Crippen LogP contribution in [0.5, 0.6) is 0 Å². The van der Waals surface area contributed by atoms with E-state index in [0.717, 1.165) is 5.56 Å². The zero-order valence-electron chi connectivity index (χ0n) is 17.5. The third-order valence-electron chi connectivity index (χ3n) is 5.60. The number of tetrazole rings is 1. The molecule has 0 radical (unpaired) electrons. The fraction of sp³-hybridized carbons (Fsp3) is 0.476. The Kier molecular flexibility index (Phi) is 5.55. The molecule has 0 spiro atoms. The van der Waals surface area contributed by atoms with Gasteiger partial charge in [-0.3, -0.25) is 10.1 Å². The first-order valence-corrected chi connectivity index (χ1v) is 10.2. The van der Waals surface area contributed by atoms with Crippen molar-refractivity contribution in [2.45, 2.75) is 50.9 Å². The van der Waals surface area contributed by atoms with Crippen molar-refractivity contribution in [3.63, 3.8) is 0 Å². The topological polar surface area (TPSA) is 98.7 Å². The van der Waals surface area contributed by atoms with Gasteiger partial charge in [0.1, 0.15) is 0 Å². The number of carbonyl (C=O) groups is 1. The maximum Gasteiger partial charge on any atom is 0.248 e. The van der Waals surface area contributed by atoms with Crippen molar-refractivity contribution >= 4 is 11.8 Å². The SMILES string of the molecule is CC(C)c1cc(NC(=O)C(c2ccc(-c3nnn(C)n3)cc2)C2CCC(F)(F)C2)on1. The first kappa shape index (κ1) is 21.1. The lowest BCUT2D eigenvalue weighted by atomic mass is 9.83. The number of hydrogen-bond donors (Lipinski definition) is 1. The Morgan fingerprint density at radius 3 is 2.58 bits per heavy atom. The minimum atomic E-state index is -2.76. The summed E-state index contributed by atoms with van der Waals surface area (Å²) in [5.74, 6) is -3.58. The Bertz CT molecular complexity index is 1060. The van der Waals surface area contributed by atoms with Gasteiger partial charge in [-0.15, -0.1) is 10.2 Å². The lowest BCUT2D eigenvalue weighted by molar-refractivity contribution is -0.119. The van der Waals surface area contributed by atoms with Crippen LogP contribution in [0.2, 0.25) is 0 Å². The van der Waals surface area contributed by atoms with Crippen LogP contribution in [0.15, 0.2) is 34.9 Å². The van der Waals surface area contributed by atoms with Crippen molar-refractivity contribution < 1.29 is 18.1 Å². The summed E-state index contributed by atoms with van der Waals surface area (Å²) in [6, 6.07) is 8.71. The Morgan fingerprint density at radius 1 is 1.29 bits per heavy atom. The van der Waals surface area contributed by atoms with Gasteiger partial charge >= 0.3 is 0 Å². The van der Waals surface area contributed by atoms with Crippen molar-refractivity contribution in [1.82, 2.24) is 25.4 Å². The quantitative estimate of drug-likeness (QED) is 0.631. The average Bonchev–Trinajstić information content (AvgIpc) is 3.43. The molecule has 31 heavy (non-hydrogen) atoms. The van der Waals surface area contributed by atoms with E-state index in [0.29, 0.717) is 17.1 Å². The van der Waals surface area contributed by atoms with Crippen LogP contribution < -0.4 is 5.32 Å². The molecule has 2 unspecified atom stereocenters. The summed E-state index contributed by atoms with van der Waals surface area (Å²) in [6.07, 6.45) is -0.277. The highest BCUT2D eigenvalue weighted by atomic mass is 19.3. The van der Waals surface area contributed by atoms with Gasteiger partial charge in [0.05, 0.1) is 18.7 Å². The molecule has 1 fully saturated rings. The molecular formula is C21H24F2N6O2. The fourth-order valence-corrected chi connectivity index (χ4v) is 3.96. The van der Waals surface area contributed by atoms with Gasteiger partial charge in [0.25, 0.3) is 0 Å². The lowest BCUT2D eigenvalue weighted by Gasteiger charge is -2.23. The Balaban J connectivity index is 1.60. The number of alkyl halides is 2. The molecule has 1 saturated carbocycles. The molecule has 1 aliphatic carbocycles. The number of hydrogen-bond acceptors (Lipinski definition) is 6. The van der Waals surface area contributed by atoms with E-state index in [1.165, 1.54) is 4.80 Å². The molecule has 0 bridgehead atoms. The fourth-order valence-electron chi connectivity index (χ4n) is 3.96. The van der Waals surface area contributed by atoms with Gasteiger partial charge in [-0.05, 0) is 29.0 Å². The highest BCUT2D eigenvalue weighted by Crippen LogP contribution is 2.46. The lowest BCUT2D eigenvalue weighted by Crippen LogP contribution is -2.27. The molecule has 3 aromatic rings. The molecule has 2 heterocycles. The summed E-state index contributed by atoms with van der Waals surface area (Å²) in [5.41, 5.74) is 2.08. The predicted octanol–water partition coefficient (Wildman–Crippen LogP) is 4.15. The van der Waals surface area contributed by atoms with E-state index in [2.05, 4.69) is 25.9 Å². The molecule has 2 atom stereocenters. The highest BCUT2D eigenvalue weighted by Gasteiger charge is 2.45. The highest BCUT2D eigenvalue weighted by molar-refractivity contribution is 5.95. The number of halogens is 2. The number of amides is 1. The second-order valence-corrected chi connectivity index (χ2v) is 8.32. The summed E-state index contributed by atoms with van der Waals surface area (Å²) >= 11 is 0. The third-order valence-corrected chi connectivity index (χ3v) is 5.60. The largest absolute Gasteiger partial charge is 0.338 e. The summed E-state index contributed by atoms with van der Waals surface area (Å²) < 4.78 is 33.1. The molecular weight excluding hydrogens is 406 g/mol. The number of aromatic nitrogens is 5. The zero-order valence-corrected chi connectivity index (χ0v) is 17.5. The summed E-state index contributed by atoms with van der Waals surface area (Å²) in [6.45, 7) is 3.92. The van der Waals surface area contributed by atoms with Gasteiger partial charge in [0, 0.05) is 24.5 Å². The van der Waals surface area contributed by atoms with Gasteiger partial charge in [0.2, 0.25) is 23.5 Å². The van der Waals surface area contributed by atoms with Crippen molar-refractivity contribution in [2.75, 3.05) is 5.32 Å². The minimum Gasteiger partial charge on any atom is -0.338 e. The molecule has 4 rings (SSSR count). The van der Waals surface area contributed by atoms with Gasteiger partial charge in [0.15, 0.2) is 0 Å². The predicted molar refractivity (Wildman–Crippen MR) is 108 cm³/mol. The molecule has 2 aromatic heterocycles. The van der Waals surface area contributed by atoms with Crippen LogP contribution in [-0.2, 0) is 11.8 Å². The van der Waals surface area contributed by atoms with Crippen LogP contribution in [-0.4, -0.2) is 37.2 Å². The van der Waals surface area contributed by atoms with E-state index in [4.69, 9.17) is 4.52 Å². The van der Waals surface area contributed by atoms with E-state index in [-0.39, 0.29) is 37.0 Å². The van der Waals surface area contributed by atoms with E-state index < -0.39 is 17.8 Å². The number of carbonyl (C=O) groups excluding carboxylic acids is 1. The molecule has 1 aromatic carbocycles. The molecule has 10 heteroatoms. The number of rotatable bonds is 6. The standard InChI is InChI=1S/C21H24F2N6O2/c1-12(2)16-10-17(31-27-16)24-20(30)18(15-8-9-21(22,23)11-15)13-4-6-14(7-5-13)19-25-28-29(3)26-19/h4-7,10,12,15,18H,8-9,11H2,1-3H3,(H,24,30). The maximum absolute atomic E-state index is 14.0. The van der Waals surface area contributed by atoms with Crippen molar-refractivity contribution in [3.8, 4) is 11.4 Å². The molecule has 1 amide bonds. The van der Waals surface area contributed by atoms with E-state index in [1.807, 2.05) is 13.8 Å². The summed E-state index contributed by atoms with van der Waals surface area (Å²) in [4.78, 5) is 14.5. The van der Waals surface area contributed by atoms with Crippen LogP contribution in [0.4, 0.5) is 14.7 Å².